The van der Waals surface area contributed by atoms with E-state index in [2.05, 4.69) is 10.6 Å². The number of benzene rings is 2. The number of carbonyl (C=O) groups excluding carboxylic acids is 2. The van der Waals surface area contributed by atoms with Crippen molar-refractivity contribution in [2.75, 3.05) is 20.8 Å². The Bertz CT molecular complexity index is 1410. The summed E-state index contributed by atoms with van der Waals surface area (Å²) < 4.78 is 13.1. The Balaban J connectivity index is 2.06. The summed E-state index contributed by atoms with van der Waals surface area (Å²) in [6.07, 6.45) is 2.61. The molecule has 38 heavy (non-hydrogen) atoms. The molecule has 1 heterocycles. The summed E-state index contributed by atoms with van der Waals surface area (Å²) >= 11 is 0. The average Bonchev–Trinajstić information content (AvgIpc) is 2.92. The number of ether oxygens (including phenoxy) is 2. The molecule has 0 radical (unpaired) electrons. The fourth-order valence-electron chi connectivity index (χ4n) is 4.03. The first-order chi connectivity index (χ1) is 18.2. The number of hydrogen-bond acceptors (Lipinski definition) is 6. The van der Waals surface area contributed by atoms with Gasteiger partial charge in [-0.05, 0) is 43.5 Å². The van der Waals surface area contributed by atoms with Gasteiger partial charge in [0.05, 0.1) is 31.7 Å². The lowest BCUT2D eigenvalue weighted by molar-refractivity contribution is -0.122. The van der Waals surface area contributed by atoms with Crippen molar-refractivity contribution in [2.45, 2.75) is 59.2 Å². The van der Waals surface area contributed by atoms with E-state index in [9.17, 15) is 19.2 Å². The summed E-state index contributed by atoms with van der Waals surface area (Å²) in [7, 11) is 2.91. The standard InChI is InChI=1S/C28H36N4O6/c1-6-8-13-29-26(34)20-11-9-19(10-12-20)16-32-27(35)21-14-23(37-4)24(38-5)15-22(21)31(28(32)36)17-25(33)30-18(3)7-2/h9-12,14-15,18H,6-8,13,16-17H2,1-5H3,(H,29,34)(H,30,33)/t18-/m0/s1. The van der Waals surface area contributed by atoms with Crippen LogP contribution in [-0.4, -0.2) is 47.8 Å². The van der Waals surface area contributed by atoms with Crippen molar-refractivity contribution in [1.82, 2.24) is 19.8 Å². The summed E-state index contributed by atoms with van der Waals surface area (Å²) in [6, 6.07) is 9.72. The number of nitrogens with zero attached hydrogens (tertiary/aromatic N) is 2. The first kappa shape index (κ1) is 28.5. The summed E-state index contributed by atoms with van der Waals surface area (Å²) in [6.45, 7) is 6.17. The molecule has 3 rings (SSSR count). The second-order valence-corrected chi connectivity index (χ2v) is 9.17. The molecule has 2 aromatic carbocycles. The molecule has 2 amide bonds. The predicted molar refractivity (Wildman–Crippen MR) is 146 cm³/mol. The van der Waals surface area contributed by atoms with Crippen molar-refractivity contribution in [3.8, 4) is 11.5 Å². The van der Waals surface area contributed by atoms with Crippen LogP contribution in [0.25, 0.3) is 10.9 Å². The molecule has 204 valence electrons. The van der Waals surface area contributed by atoms with Gasteiger partial charge in [0.2, 0.25) is 5.91 Å². The molecule has 0 aliphatic carbocycles. The van der Waals surface area contributed by atoms with Gasteiger partial charge in [-0.1, -0.05) is 32.4 Å². The third kappa shape index (κ3) is 6.42. The van der Waals surface area contributed by atoms with Gasteiger partial charge in [-0.15, -0.1) is 0 Å². The third-order valence-electron chi connectivity index (χ3n) is 6.42. The van der Waals surface area contributed by atoms with Gasteiger partial charge in [-0.3, -0.25) is 23.5 Å². The van der Waals surface area contributed by atoms with Crippen molar-refractivity contribution >= 4 is 22.7 Å². The molecule has 0 saturated heterocycles. The summed E-state index contributed by atoms with van der Waals surface area (Å²) in [5, 5.41) is 5.94. The van der Waals surface area contributed by atoms with E-state index in [0.717, 1.165) is 23.8 Å². The fraction of sp³-hybridized carbons (Fsp3) is 0.429. The highest BCUT2D eigenvalue weighted by Crippen LogP contribution is 2.30. The quantitative estimate of drug-likeness (QED) is 0.352. The number of rotatable bonds is 12. The number of hydrogen-bond donors (Lipinski definition) is 2. The molecule has 10 nitrogen and oxygen atoms in total. The van der Waals surface area contributed by atoms with Crippen molar-refractivity contribution < 1.29 is 19.1 Å². The van der Waals surface area contributed by atoms with Gasteiger partial charge in [-0.25, -0.2) is 4.79 Å². The van der Waals surface area contributed by atoms with Crippen LogP contribution < -0.4 is 31.4 Å². The van der Waals surface area contributed by atoms with Gasteiger partial charge >= 0.3 is 5.69 Å². The molecule has 10 heteroatoms. The first-order valence-corrected chi connectivity index (χ1v) is 12.8. The highest BCUT2D eigenvalue weighted by Gasteiger charge is 2.19. The van der Waals surface area contributed by atoms with Crippen LogP contribution in [0.1, 0.15) is 56.0 Å². The molecule has 1 aromatic heterocycles. The average molecular weight is 525 g/mol. The van der Waals surface area contributed by atoms with Gasteiger partial charge in [0, 0.05) is 24.2 Å². The number of amides is 2. The van der Waals surface area contributed by atoms with Gasteiger partial charge in [0.1, 0.15) is 6.54 Å². The number of fused-ring (bicyclic) bond motifs is 1. The maximum Gasteiger partial charge on any atom is 0.332 e. The SMILES string of the molecule is CCCCNC(=O)c1ccc(Cn2c(=O)c3cc(OC)c(OC)cc3n(CC(=O)N[C@@H](C)CC)c2=O)cc1. The molecule has 0 fully saturated rings. The van der Waals surface area contributed by atoms with E-state index in [1.165, 1.54) is 30.9 Å². The Morgan fingerprint density at radius 3 is 2.24 bits per heavy atom. The van der Waals surface area contributed by atoms with E-state index in [1.807, 2.05) is 20.8 Å². The molecular weight excluding hydrogens is 488 g/mol. The van der Waals surface area contributed by atoms with Crippen LogP contribution in [0, 0.1) is 0 Å². The molecule has 0 bridgehead atoms. The van der Waals surface area contributed by atoms with Crippen LogP contribution in [-0.2, 0) is 17.9 Å². The third-order valence-corrected chi connectivity index (χ3v) is 6.42. The molecule has 3 aromatic rings. The Hall–Kier alpha value is -4.08. The van der Waals surface area contributed by atoms with Crippen LogP contribution in [0.5, 0.6) is 11.5 Å². The smallest absolute Gasteiger partial charge is 0.332 e. The minimum Gasteiger partial charge on any atom is -0.493 e. The summed E-state index contributed by atoms with van der Waals surface area (Å²) in [5.74, 6) is 0.140. The number of nitrogens with one attached hydrogen (secondary N) is 2. The van der Waals surface area contributed by atoms with Crippen LogP contribution in [0.3, 0.4) is 0 Å². The number of aromatic nitrogens is 2. The largest absolute Gasteiger partial charge is 0.493 e. The zero-order chi connectivity index (χ0) is 27.8. The normalized spacial score (nSPS) is 11.7. The second-order valence-electron chi connectivity index (χ2n) is 9.17. The van der Waals surface area contributed by atoms with E-state index >= 15 is 0 Å². The van der Waals surface area contributed by atoms with E-state index in [-0.39, 0.29) is 41.8 Å². The molecule has 0 aliphatic rings. The highest BCUT2D eigenvalue weighted by atomic mass is 16.5. The first-order valence-electron chi connectivity index (χ1n) is 12.8. The van der Waals surface area contributed by atoms with Crippen molar-refractivity contribution in [3.05, 3.63) is 68.4 Å². The van der Waals surface area contributed by atoms with Gasteiger partial charge in [0.15, 0.2) is 11.5 Å². The van der Waals surface area contributed by atoms with Crippen LogP contribution in [0.2, 0.25) is 0 Å². The Morgan fingerprint density at radius 1 is 0.974 bits per heavy atom. The zero-order valence-electron chi connectivity index (χ0n) is 22.6. The maximum atomic E-state index is 13.6. The Labute approximate surface area is 221 Å². The van der Waals surface area contributed by atoms with Gasteiger partial charge < -0.3 is 20.1 Å². The van der Waals surface area contributed by atoms with Crippen molar-refractivity contribution in [2.24, 2.45) is 0 Å². The fourth-order valence-corrected chi connectivity index (χ4v) is 4.03. The van der Waals surface area contributed by atoms with E-state index in [0.29, 0.717) is 29.2 Å². The highest BCUT2D eigenvalue weighted by molar-refractivity contribution is 5.94. The number of carbonyl (C=O) groups is 2. The number of methoxy groups -OCH3 is 2. The maximum absolute atomic E-state index is 13.6. The zero-order valence-corrected chi connectivity index (χ0v) is 22.6. The Kier molecular flexibility index (Phi) is 9.70. The molecule has 0 saturated carbocycles. The molecule has 0 unspecified atom stereocenters. The monoisotopic (exact) mass is 524 g/mol. The molecule has 0 spiro atoms. The van der Waals surface area contributed by atoms with Gasteiger partial charge in [-0.2, -0.15) is 0 Å². The minimum atomic E-state index is -0.629. The molecule has 1 atom stereocenters. The lowest BCUT2D eigenvalue weighted by Gasteiger charge is -2.17. The summed E-state index contributed by atoms with van der Waals surface area (Å²) in [5.41, 5.74) is 0.269. The molecular formula is C28H36N4O6. The summed E-state index contributed by atoms with van der Waals surface area (Å²) in [4.78, 5) is 52.2. The lowest BCUT2D eigenvalue weighted by Crippen LogP contribution is -2.44. The minimum absolute atomic E-state index is 0.0351. The van der Waals surface area contributed by atoms with E-state index in [1.54, 1.807) is 24.3 Å². The molecule has 0 aliphatic heterocycles. The second kappa shape index (κ2) is 12.9. The van der Waals surface area contributed by atoms with Crippen LogP contribution in [0.15, 0.2) is 46.0 Å². The molecule has 2 N–H and O–H groups in total. The topological polar surface area (TPSA) is 121 Å². The predicted octanol–water partition coefficient (Wildman–Crippen LogP) is 2.67. The number of unbranched alkanes of at least 4 members (excludes halogenated alkanes) is 1. The lowest BCUT2D eigenvalue weighted by atomic mass is 10.1. The van der Waals surface area contributed by atoms with E-state index in [4.69, 9.17) is 9.47 Å². The van der Waals surface area contributed by atoms with Gasteiger partial charge in [0.25, 0.3) is 11.5 Å². The van der Waals surface area contributed by atoms with Crippen molar-refractivity contribution in [1.29, 1.82) is 0 Å². The Morgan fingerprint density at radius 2 is 1.63 bits per heavy atom. The van der Waals surface area contributed by atoms with Crippen LogP contribution in [0.4, 0.5) is 0 Å². The van der Waals surface area contributed by atoms with Crippen molar-refractivity contribution in [3.63, 3.8) is 0 Å². The van der Waals surface area contributed by atoms with E-state index < -0.39 is 11.2 Å². The van der Waals surface area contributed by atoms with Crippen LogP contribution >= 0.6 is 0 Å².